The van der Waals surface area contributed by atoms with Crippen LogP contribution in [-0.4, -0.2) is 51.9 Å². The number of alkyl halides is 1. The van der Waals surface area contributed by atoms with Crippen molar-refractivity contribution < 1.29 is 24.0 Å². The molecule has 2 amide bonds. The Morgan fingerprint density at radius 2 is 2.23 bits per heavy atom. The number of benzene rings is 1. The zero-order valence-corrected chi connectivity index (χ0v) is 20.0. The summed E-state index contributed by atoms with van der Waals surface area (Å²) < 4.78 is 15.4. The molecular weight excluding hydrogens is 457 g/mol. The number of amides is 2. The molecular formula is C21H27FN2O4P2S. The zero-order valence-electron chi connectivity index (χ0n) is 17.3. The third-order valence-corrected chi connectivity index (χ3v) is 11.0. The lowest BCUT2D eigenvalue weighted by molar-refractivity contribution is -0.135. The predicted octanol–water partition coefficient (Wildman–Crippen LogP) is 4.25. The van der Waals surface area contributed by atoms with Crippen molar-refractivity contribution in [2.75, 3.05) is 13.2 Å². The van der Waals surface area contributed by atoms with Gasteiger partial charge in [0.2, 0.25) is 11.1 Å². The molecule has 5 atom stereocenters. The number of carbonyl (C=O) groups excluding carboxylic acids is 2. The summed E-state index contributed by atoms with van der Waals surface area (Å²) in [5.74, 6) is -0.447. The molecule has 0 radical (unpaired) electrons. The number of unbranched alkanes of at least 4 members (excludes halogenated alkanes) is 1. The van der Waals surface area contributed by atoms with Gasteiger partial charge in [-0.15, -0.1) is 11.3 Å². The summed E-state index contributed by atoms with van der Waals surface area (Å²) in [6, 6.07) is 6.10. The number of aliphatic hydroxyl groups is 1. The standard InChI is InChI=1S/C21H27FN2O4P2S/c1-2-3-6-16(20(27)24-9-4-5-15(24)12-25)23-19(26)18-11-13-10-14(7-8-17(13)31-18)21(22)29-30(21)28/h7-8,10-11,15-16,25,28-29H,2-6,9,12H2,1H3,(H,23,26)/t15-,16-,21?,30?/m0/s1. The summed E-state index contributed by atoms with van der Waals surface area (Å²) in [6.07, 6.45) is 3.91. The van der Waals surface area contributed by atoms with Crippen LogP contribution in [0, 0.1) is 0 Å². The Hall–Kier alpha value is -1.17. The van der Waals surface area contributed by atoms with E-state index in [1.807, 2.05) is 6.92 Å². The van der Waals surface area contributed by atoms with E-state index < -0.39 is 19.0 Å². The lowest BCUT2D eigenvalue weighted by atomic mass is 10.1. The molecule has 2 aliphatic heterocycles. The van der Waals surface area contributed by atoms with E-state index in [1.54, 1.807) is 29.2 Å². The fraction of sp³-hybridized carbons (Fsp3) is 0.524. The van der Waals surface area contributed by atoms with Gasteiger partial charge in [-0.25, -0.2) is 4.39 Å². The van der Waals surface area contributed by atoms with Crippen LogP contribution in [0.2, 0.25) is 0 Å². The van der Waals surface area contributed by atoms with E-state index in [9.17, 15) is 24.0 Å². The predicted molar refractivity (Wildman–Crippen MR) is 125 cm³/mol. The van der Waals surface area contributed by atoms with E-state index >= 15 is 0 Å². The minimum atomic E-state index is -1.59. The van der Waals surface area contributed by atoms with Gasteiger partial charge >= 0.3 is 0 Å². The van der Waals surface area contributed by atoms with Crippen molar-refractivity contribution in [3.63, 3.8) is 0 Å². The summed E-state index contributed by atoms with van der Waals surface area (Å²) in [5, 5.41) is 11.6. The van der Waals surface area contributed by atoms with Gasteiger partial charge < -0.3 is 20.2 Å². The van der Waals surface area contributed by atoms with Crippen molar-refractivity contribution >= 4 is 49.3 Å². The Kier molecular flexibility index (Phi) is 6.95. The van der Waals surface area contributed by atoms with Gasteiger partial charge in [0.05, 0.1) is 25.4 Å². The highest BCUT2D eigenvalue weighted by Gasteiger charge is 2.57. The minimum absolute atomic E-state index is 0.0640. The average Bonchev–Trinajstić information content (AvgIpc) is 3.15. The zero-order chi connectivity index (χ0) is 22.2. The van der Waals surface area contributed by atoms with Crippen LogP contribution in [0.25, 0.3) is 10.1 Å². The molecule has 3 N–H and O–H groups in total. The van der Waals surface area contributed by atoms with Crippen LogP contribution in [0.4, 0.5) is 4.39 Å². The summed E-state index contributed by atoms with van der Waals surface area (Å²) >= 11 is 1.31. The molecule has 3 unspecified atom stereocenters. The summed E-state index contributed by atoms with van der Waals surface area (Å²) in [5.41, 5.74) is 0.469. The second-order valence-corrected chi connectivity index (χ2v) is 13.7. The first kappa shape index (κ1) is 23.0. The van der Waals surface area contributed by atoms with Crippen molar-refractivity contribution in [2.24, 2.45) is 0 Å². The topological polar surface area (TPSA) is 89.9 Å². The van der Waals surface area contributed by atoms with Gasteiger partial charge in [0, 0.05) is 16.8 Å². The Labute approximate surface area is 187 Å². The highest BCUT2D eigenvalue weighted by Crippen LogP contribution is 2.94. The molecule has 3 heterocycles. The van der Waals surface area contributed by atoms with Crippen molar-refractivity contribution in [1.82, 2.24) is 10.2 Å². The molecule has 0 aliphatic carbocycles. The van der Waals surface area contributed by atoms with E-state index in [-0.39, 0.29) is 32.7 Å². The van der Waals surface area contributed by atoms with E-state index in [0.717, 1.165) is 35.8 Å². The van der Waals surface area contributed by atoms with Crippen LogP contribution in [0.15, 0.2) is 24.3 Å². The highest BCUT2D eigenvalue weighted by molar-refractivity contribution is 8.36. The molecule has 6 nitrogen and oxygen atoms in total. The summed E-state index contributed by atoms with van der Waals surface area (Å²) in [4.78, 5) is 37.9. The van der Waals surface area contributed by atoms with Crippen LogP contribution in [-0.2, 0) is 9.95 Å². The number of carbonyl (C=O) groups is 2. The molecule has 2 saturated heterocycles. The number of rotatable bonds is 8. The molecule has 2 fully saturated rings. The fourth-order valence-corrected chi connectivity index (χ4v) is 7.79. The summed E-state index contributed by atoms with van der Waals surface area (Å²) in [7, 11) is -1.65. The van der Waals surface area contributed by atoms with Gasteiger partial charge in [-0.1, -0.05) is 25.8 Å². The van der Waals surface area contributed by atoms with Gasteiger partial charge in [-0.05, 0) is 51.1 Å². The molecule has 31 heavy (non-hydrogen) atoms. The summed E-state index contributed by atoms with van der Waals surface area (Å²) in [6.45, 7) is 2.58. The number of likely N-dealkylation sites (tertiary alicyclic amines) is 1. The molecule has 4 rings (SSSR count). The van der Waals surface area contributed by atoms with E-state index in [2.05, 4.69) is 5.32 Å². The Balaban J connectivity index is 1.51. The minimum Gasteiger partial charge on any atom is -0.394 e. The SMILES string of the molecule is CCCC[C@H](NC(=O)c1cc2cc(C3(F)PP3O)ccc2s1)C(=O)N1CCC[C@H]1CO. The van der Waals surface area contributed by atoms with Crippen molar-refractivity contribution in [2.45, 2.75) is 56.3 Å². The maximum Gasteiger partial charge on any atom is 0.262 e. The molecule has 0 saturated carbocycles. The largest absolute Gasteiger partial charge is 0.394 e. The average molecular weight is 484 g/mol. The second kappa shape index (κ2) is 9.36. The van der Waals surface area contributed by atoms with E-state index in [0.29, 0.717) is 23.4 Å². The number of fused-ring (bicyclic) bond motifs is 1. The lowest BCUT2D eigenvalue weighted by Crippen LogP contribution is -2.50. The molecule has 2 aliphatic rings. The van der Waals surface area contributed by atoms with E-state index in [1.165, 1.54) is 11.3 Å². The number of aliphatic hydroxyl groups excluding tert-OH is 1. The van der Waals surface area contributed by atoms with Gasteiger partial charge in [0.25, 0.3) is 5.91 Å². The molecule has 2 aromatic rings. The fourth-order valence-electron chi connectivity index (χ4n) is 4.07. The first-order chi connectivity index (χ1) is 14.9. The lowest BCUT2D eigenvalue weighted by Gasteiger charge is -2.28. The Bertz CT molecular complexity index is 989. The first-order valence-corrected chi connectivity index (χ1v) is 14.5. The van der Waals surface area contributed by atoms with Crippen molar-refractivity contribution in [3.8, 4) is 0 Å². The molecule has 0 spiro atoms. The molecule has 1 aromatic heterocycles. The second-order valence-electron chi connectivity index (χ2n) is 8.09. The highest BCUT2D eigenvalue weighted by atomic mass is 32.1. The molecule has 10 heteroatoms. The number of thiophene rings is 1. The maximum absolute atomic E-state index is 14.6. The van der Waals surface area contributed by atoms with Crippen molar-refractivity contribution in [1.29, 1.82) is 0 Å². The van der Waals surface area contributed by atoms with E-state index in [4.69, 9.17) is 0 Å². The number of hydrogen-bond acceptors (Lipinski definition) is 5. The first-order valence-electron chi connectivity index (χ1n) is 10.6. The Morgan fingerprint density at radius 3 is 2.90 bits per heavy atom. The van der Waals surface area contributed by atoms with Gasteiger partial charge in [0.15, 0.2) is 0 Å². The van der Waals surface area contributed by atoms with Crippen LogP contribution in [0.3, 0.4) is 0 Å². The number of halogens is 1. The molecule has 1 aromatic carbocycles. The van der Waals surface area contributed by atoms with Gasteiger partial charge in [-0.3, -0.25) is 9.59 Å². The van der Waals surface area contributed by atoms with Crippen LogP contribution in [0.1, 0.15) is 54.3 Å². The van der Waals surface area contributed by atoms with Crippen LogP contribution < -0.4 is 5.32 Å². The number of nitrogens with one attached hydrogen (secondary N) is 1. The number of nitrogens with zero attached hydrogens (tertiary/aromatic N) is 1. The molecule has 0 bridgehead atoms. The van der Waals surface area contributed by atoms with Crippen LogP contribution in [0.5, 0.6) is 0 Å². The third kappa shape index (κ3) is 4.65. The molecule has 168 valence electrons. The van der Waals surface area contributed by atoms with Crippen molar-refractivity contribution in [3.05, 3.63) is 34.7 Å². The quantitative estimate of drug-likeness (QED) is 0.489. The van der Waals surface area contributed by atoms with Crippen LogP contribution >= 0.6 is 27.4 Å². The number of hydrogen-bond donors (Lipinski definition) is 3. The normalized spacial score (nSPS) is 27.0. The monoisotopic (exact) mass is 484 g/mol. The maximum atomic E-state index is 14.6. The Morgan fingerprint density at radius 1 is 1.45 bits per heavy atom. The smallest absolute Gasteiger partial charge is 0.262 e. The van der Waals surface area contributed by atoms with Gasteiger partial charge in [-0.2, -0.15) is 0 Å². The third-order valence-electron chi connectivity index (χ3n) is 5.94. The van der Waals surface area contributed by atoms with Gasteiger partial charge in [0.1, 0.15) is 6.04 Å².